The average molecular weight is 325 g/mol. The van der Waals surface area contributed by atoms with E-state index in [9.17, 15) is 14.5 Å². The van der Waals surface area contributed by atoms with Crippen LogP contribution in [-0.2, 0) is 0 Å². The molecule has 0 saturated carbocycles. The minimum absolute atomic E-state index is 0.121. The summed E-state index contributed by atoms with van der Waals surface area (Å²) in [5.41, 5.74) is 1.08. The predicted molar refractivity (Wildman–Crippen MR) is 88.1 cm³/mol. The predicted octanol–water partition coefficient (Wildman–Crippen LogP) is 4.19. The zero-order chi connectivity index (χ0) is 17.3. The molecule has 2 aromatic carbocycles. The molecule has 3 rings (SSSR count). The molecule has 0 radical (unpaired) electrons. The lowest BCUT2D eigenvalue weighted by molar-refractivity contribution is -0.384. The minimum atomic E-state index is -0.489. The van der Waals surface area contributed by atoms with Crippen LogP contribution in [-0.4, -0.2) is 11.5 Å². The summed E-state index contributed by atoms with van der Waals surface area (Å²) < 4.78 is 14.2. The molecule has 1 fully saturated rings. The van der Waals surface area contributed by atoms with E-state index >= 15 is 0 Å². The van der Waals surface area contributed by atoms with Gasteiger partial charge in [0.05, 0.1) is 22.6 Å². The van der Waals surface area contributed by atoms with Crippen LogP contribution >= 0.6 is 0 Å². The average Bonchev–Trinajstić information content (AvgIpc) is 2.96. The summed E-state index contributed by atoms with van der Waals surface area (Å²) in [5, 5.41) is 20.4. The quantitative estimate of drug-likeness (QED) is 0.626. The highest BCUT2D eigenvalue weighted by molar-refractivity contribution is 5.67. The van der Waals surface area contributed by atoms with Crippen molar-refractivity contribution in [2.24, 2.45) is 5.92 Å². The maximum absolute atomic E-state index is 14.2. The van der Waals surface area contributed by atoms with Crippen LogP contribution in [0.5, 0.6) is 0 Å². The van der Waals surface area contributed by atoms with Gasteiger partial charge in [0, 0.05) is 18.2 Å². The Balaban J connectivity index is 2.09. The number of nitriles is 1. The van der Waals surface area contributed by atoms with Crippen molar-refractivity contribution in [3.05, 3.63) is 69.5 Å². The molecular formula is C18H16FN3O2. The third kappa shape index (κ3) is 2.81. The molecule has 6 heteroatoms. The molecule has 2 unspecified atom stereocenters. The first-order valence-corrected chi connectivity index (χ1v) is 7.71. The van der Waals surface area contributed by atoms with E-state index in [1.54, 1.807) is 30.3 Å². The molecule has 0 aromatic heterocycles. The highest BCUT2D eigenvalue weighted by atomic mass is 19.1. The lowest BCUT2D eigenvalue weighted by Crippen LogP contribution is -2.24. The Bertz CT molecular complexity index is 831. The summed E-state index contributed by atoms with van der Waals surface area (Å²) in [6.45, 7) is 2.65. The first-order chi connectivity index (χ1) is 11.5. The molecular weight excluding hydrogens is 309 g/mol. The third-order valence-electron chi connectivity index (χ3n) is 4.39. The largest absolute Gasteiger partial charge is 0.359 e. The summed E-state index contributed by atoms with van der Waals surface area (Å²) in [6.07, 6.45) is 0.720. The SMILES string of the molecule is CC1CC(c2ccccc2F)N(c2ccc(C#N)cc2[N+](=O)[O-])C1. The summed E-state index contributed by atoms with van der Waals surface area (Å²) >= 11 is 0. The van der Waals surface area contributed by atoms with E-state index in [4.69, 9.17) is 5.26 Å². The van der Waals surface area contributed by atoms with Crippen molar-refractivity contribution >= 4 is 11.4 Å². The molecule has 1 aliphatic rings. The Morgan fingerprint density at radius 1 is 1.33 bits per heavy atom. The zero-order valence-electron chi connectivity index (χ0n) is 13.1. The summed E-state index contributed by atoms with van der Waals surface area (Å²) in [5.74, 6) is -0.0252. The van der Waals surface area contributed by atoms with Crippen LogP contribution in [0.2, 0.25) is 0 Å². The van der Waals surface area contributed by atoms with Crippen molar-refractivity contribution in [2.45, 2.75) is 19.4 Å². The van der Waals surface area contributed by atoms with Gasteiger partial charge in [-0.05, 0) is 30.5 Å². The summed E-state index contributed by atoms with van der Waals surface area (Å²) in [6, 6.07) is 12.6. The molecule has 5 nitrogen and oxygen atoms in total. The van der Waals surface area contributed by atoms with Gasteiger partial charge in [0.25, 0.3) is 5.69 Å². The second kappa shape index (κ2) is 6.28. The molecule has 1 heterocycles. The van der Waals surface area contributed by atoms with Crippen LogP contribution in [0.25, 0.3) is 0 Å². The van der Waals surface area contributed by atoms with Crippen molar-refractivity contribution in [3.63, 3.8) is 0 Å². The molecule has 122 valence electrons. The monoisotopic (exact) mass is 325 g/mol. The summed E-state index contributed by atoms with van der Waals surface area (Å²) in [4.78, 5) is 12.8. The van der Waals surface area contributed by atoms with Gasteiger partial charge in [0.2, 0.25) is 0 Å². The molecule has 0 amide bonds. The van der Waals surface area contributed by atoms with Gasteiger partial charge in [0.15, 0.2) is 0 Å². The lowest BCUT2D eigenvalue weighted by Gasteiger charge is -2.27. The molecule has 2 aromatic rings. The Hall–Kier alpha value is -2.94. The first kappa shape index (κ1) is 15.9. The second-order valence-corrected chi connectivity index (χ2v) is 6.10. The molecule has 0 N–H and O–H groups in total. The fourth-order valence-corrected chi connectivity index (χ4v) is 3.33. The van der Waals surface area contributed by atoms with Crippen molar-refractivity contribution in [2.75, 3.05) is 11.4 Å². The Morgan fingerprint density at radius 2 is 2.08 bits per heavy atom. The molecule has 0 bridgehead atoms. The van der Waals surface area contributed by atoms with E-state index < -0.39 is 4.92 Å². The van der Waals surface area contributed by atoms with Gasteiger partial charge in [-0.25, -0.2) is 4.39 Å². The van der Waals surface area contributed by atoms with Crippen LogP contribution in [0.15, 0.2) is 42.5 Å². The first-order valence-electron chi connectivity index (χ1n) is 7.71. The van der Waals surface area contributed by atoms with Crippen molar-refractivity contribution in [1.29, 1.82) is 5.26 Å². The van der Waals surface area contributed by atoms with Crippen molar-refractivity contribution in [1.82, 2.24) is 0 Å². The molecule has 1 aliphatic heterocycles. The van der Waals surface area contributed by atoms with Gasteiger partial charge >= 0.3 is 0 Å². The number of anilines is 1. The van der Waals surface area contributed by atoms with Crippen molar-refractivity contribution < 1.29 is 9.31 Å². The molecule has 24 heavy (non-hydrogen) atoms. The highest BCUT2D eigenvalue weighted by Gasteiger charge is 2.35. The Kier molecular flexibility index (Phi) is 4.17. The van der Waals surface area contributed by atoms with Crippen LogP contribution in [0.3, 0.4) is 0 Å². The normalized spacial score (nSPS) is 20.0. The van der Waals surface area contributed by atoms with Crippen LogP contribution in [0, 0.1) is 33.2 Å². The molecule has 0 aliphatic carbocycles. The second-order valence-electron chi connectivity index (χ2n) is 6.10. The van der Waals surface area contributed by atoms with Gasteiger partial charge in [-0.15, -0.1) is 0 Å². The van der Waals surface area contributed by atoms with Gasteiger partial charge in [-0.3, -0.25) is 10.1 Å². The molecule has 0 spiro atoms. The number of halogens is 1. The molecule has 2 atom stereocenters. The van der Waals surface area contributed by atoms with Gasteiger partial charge < -0.3 is 4.90 Å². The van der Waals surface area contributed by atoms with E-state index in [0.29, 0.717) is 17.8 Å². The fraction of sp³-hybridized carbons (Fsp3) is 0.278. The standard InChI is InChI=1S/C18H16FN3O2/c1-12-8-17(14-4-2-3-5-15(14)19)21(11-12)16-7-6-13(10-20)9-18(16)22(23)24/h2-7,9,12,17H,8,11H2,1H3. The third-order valence-corrected chi connectivity index (χ3v) is 4.39. The smallest absolute Gasteiger partial charge is 0.293 e. The van der Waals surface area contributed by atoms with Crippen LogP contribution in [0.1, 0.15) is 30.5 Å². The Morgan fingerprint density at radius 3 is 2.75 bits per heavy atom. The van der Waals surface area contributed by atoms with Gasteiger partial charge in [-0.2, -0.15) is 5.26 Å². The number of nitrogens with zero attached hydrogens (tertiary/aromatic N) is 3. The van der Waals surface area contributed by atoms with E-state index in [2.05, 4.69) is 0 Å². The van der Waals surface area contributed by atoms with Gasteiger partial charge in [0.1, 0.15) is 11.5 Å². The summed E-state index contributed by atoms with van der Waals surface area (Å²) in [7, 11) is 0. The maximum atomic E-state index is 14.2. The topological polar surface area (TPSA) is 70.2 Å². The minimum Gasteiger partial charge on any atom is -0.359 e. The number of benzene rings is 2. The number of nitro groups is 1. The number of nitro benzene ring substituents is 1. The zero-order valence-corrected chi connectivity index (χ0v) is 13.1. The highest BCUT2D eigenvalue weighted by Crippen LogP contribution is 2.43. The maximum Gasteiger partial charge on any atom is 0.293 e. The van der Waals surface area contributed by atoms with E-state index in [0.717, 1.165) is 6.42 Å². The number of hydrogen-bond donors (Lipinski definition) is 0. The van der Waals surface area contributed by atoms with Crippen molar-refractivity contribution in [3.8, 4) is 6.07 Å². The van der Waals surface area contributed by atoms with E-state index in [1.165, 1.54) is 12.1 Å². The van der Waals surface area contributed by atoms with E-state index in [-0.39, 0.29) is 29.0 Å². The van der Waals surface area contributed by atoms with Crippen LogP contribution < -0.4 is 4.90 Å². The van der Waals surface area contributed by atoms with Gasteiger partial charge in [-0.1, -0.05) is 25.1 Å². The van der Waals surface area contributed by atoms with Crippen LogP contribution in [0.4, 0.5) is 15.8 Å². The Labute approximate surface area is 139 Å². The van der Waals surface area contributed by atoms with E-state index in [1.807, 2.05) is 17.9 Å². The molecule has 1 saturated heterocycles. The fourth-order valence-electron chi connectivity index (χ4n) is 3.33. The number of hydrogen-bond acceptors (Lipinski definition) is 4. The lowest BCUT2D eigenvalue weighted by atomic mass is 10.00. The number of rotatable bonds is 3.